The van der Waals surface area contributed by atoms with Gasteiger partial charge >= 0.3 is 5.97 Å². The fourth-order valence-corrected chi connectivity index (χ4v) is 2.27. The van der Waals surface area contributed by atoms with E-state index < -0.39 is 33.8 Å². The van der Waals surface area contributed by atoms with Crippen LogP contribution < -0.4 is 5.32 Å². The summed E-state index contributed by atoms with van der Waals surface area (Å²) in [4.78, 5) is 23.8. The summed E-state index contributed by atoms with van der Waals surface area (Å²) in [6, 6.07) is 6.55. The summed E-state index contributed by atoms with van der Waals surface area (Å²) in [5, 5.41) is 2.26. The summed E-state index contributed by atoms with van der Waals surface area (Å²) < 4.78 is 35.8. The monoisotopic (exact) mass is 329 g/mol. The van der Waals surface area contributed by atoms with Crippen molar-refractivity contribution in [3.8, 4) is 0 Å². The lowest BCUT2D eigenvalue weighted by Gasteiger charge is -2.16. The van der Waals surface area contributed by atoms with Crippen molar-refractivity contribution >= 4 is 22.0 Å². The summed E-state index contributed by atoms with van der Waals surface area (Å²) in [6.07, 6.45) is 1.42. The van der Waals surface area contributed by atoms with Gasteiger partial charge in [-0.2, -0.15) is 8.42 Å². The van der Waals surface area contributed by atoms with Gasteiger partial charge in [-0.3, -0.25) is 9.35 Å². The van der Waals surface area contributed by atoms with Crippen LogP contribution in [0.4, 0.5) is 0 Å². The zero-order valence-corrected chi connectivity index (χ0v) is 13.0. The van der Waals surface area contributed by atoms with Gasteiger partial charge < -0.3 is 10.1 Å². The summed E-state index contributed by atoms with van der Waals surface area (Å²) >= 11 is 0. The summed E-state index contributed by atoms with van der Waals surface area (Å²) in [6.45, 7) is 2.03. The summed E-state index contributed by atoms with van der Waals surface area (Å²) in [7, 11) is -4.44. The zero-order valence-electron chi connectivity index (χ0n) is 12.2. The van der Waals surface area contributed by atoms with Crippen LogP contribution in [0.15, 0.2) is 30.3 Å². The van der Waals surface area contributed by atoms with E-state index in [1.807, 2.05) is 6.92 Å². The quantitative estimate of drug-likeness (QED) is 0.418. The number of carbonyl (C=O) groups excluding carboxylic acids is 2. The summed E-state index contributed by atoms with van der Waals surface area (Å²) in [5.41, 5.74) is 0.268. The van der Waals surface area contributed by atoms with Crippen molar-refractivity contribution in [3.63, 3.8) is 0 Å². The van der Waals surface area contributed by atoms with Crippen LogP contribution in [-0.2, 0) is 19.6 Å². The second kappa shape index (κ2) is 8.50. The van der Waals surface area contributed by atoms with Gasteiger partial charge in [0.2, 0.25) is 0 Å². The minimum atomic E-state index is -4.44. The number of carbonyl (C=O) groups is 2. The predicted octanol–water partition coefficient (Wildman–Crippen LogP) is 1.02. The molecule has 1 rings (SSSR count). The van der Waals surface area contributed by atoms with Crippen LogP contribution in [-0.4, -0.2) is 43.2 Å². The third-order valence-corrected chi connectivity index (χ3v) is 3.50. The minimum Gasteiger partial charge on any atom is -0.464 e. The van der Waals surface area contributed by atoms with Gasteiger partial charge in [0.05, 0.1) is 6.61 Å². The molecule has 0 aliphatic carbocycles. The molecule has 1 amide bonds. The van der Waals surface area contributed by atoms with E-state index in [9.17, 15) is 18.0 Å². The lowest BCUT2D eigenvalue weighted by Crippen LogP contribution is -2.46. The van der Waals surface area contributed by atoms with E-state index in [0.29, 0.717) is 6.42 Å². The molecule has 22 heavy (non-hydrogen) atoms. The molecule has 1 aromatic carbocycles. The molecule has 122 valence electrons. The van der Waals surface area contributed by atoms with Gasteiger partial charge in [-0.1, -0.05) is 31.5 Å². The van der Waals surface area contributed by atoms with Crippen molar-refractivity contribution in [2.24, 2.45) is 0 Å². The van der Waals surface area contributed by atoms with Crippen LogP contribution in [0.2, 0.25) is 0 Å². The first-order chi connectivity index (χ1) is 10.3. The van der Waals surface area contributed by atoms with Gasteiger partial charge in [0, 0.05) is 5.56 Å². The van der Waals surface area contributed by atoms with Crippen molar-refractivity contribution in [1.82, 2.24) is 5.32 Å². The average Bonchev–Trinajstić information content (AvgIpc) is 2.46. The highest BCUT2D eigenvalue weighted by atomic mass is 32.2. The standard InChI is InChI=1S/C14H19NO6S/c1-2-3-9-21-14(17)12(10-22(18,19)20)15-13(16)11-7-5-4-6-8-11/h4-8,12H,2-3,9-10H2,1H3,(H,15,16)(H,18,19,20). The fraction of sp³-hybridized carbons (Fsp3) is 0.429. The van der Waals surface area contributed by atoms with E-state index >= 15 is 0 Å². The SMILES string of the molecule is CCCCOC(=O)C(CS(=O)(=O)O)NC(=O)c1ccccc1. The number of benzene rings is 1. The number of esters is 1. The molecule has 0 saturated carbocycles. The molecule has 0 bridgehead atoms. The number of hydrogen-bond acceptors (Lipinski definition) is 5. The normalized spacial score (nSPS) is 12.5. The average molecular weight is 329 g/mol. The molecule has 0 aliphatic heterocycles. The maximum atomic E-state index is 12.0. The smallest absolute Gasteiger partial charge is 0.329 e. The number of nitrogens with one attached hydrogen (secondary N) is 1. The maximum absolute atomic E-state index is 12.0. The van der Waals surface area contributed by atoms with E-state index in [0.717, 1.165) is 6.42 Å². The predicted molar refractivity (Wildman–Crippen MR) is 80.0 cm³/mol. The first-order valence-corrected chi connectivity index (χ1v) is 8.42. The first kappa shape index (κ1) is 18.1. The second-order valence-corrected chi connectivity index (χ2v) is 6.16. The van der Waals surface area contributed by atoms with E-state index in [1.165, 1.54) is 12.1 Å². The zero-order chi connectivity index (χ0) is 16.6. The molecule has 0 heterocycles. The third-order valence-electron chi connectivity index (χ3n) is 2.75. The second-order valence-electron chi connectivity index (χ2n) is 4.66. The topological polar surface area (TPSA) is 110 Å². The molecule has 0 radical (unpaired) electrons. The Hall–Kier alpha value is -1.93. The Morgan fingerprint density at radius 3 is 2.45 bits per heavy atom. The lowest BCUT2D eigenvalue weighted by molar-refractivity contribution is -0.145. The van der Waals surface area contributed by atoms with Crippen molar-refractivity contribution in [1.29, 1.82) is 0 Å². The Balaban J connectivity index is 2.77. The molecule has 0 spiro atoms. The van der Waals surface area contributed by atoms with Crippen LogP contribution in [0, 0.1) is 0 Å². The van der Waals surface area contributed by atoms with Gasteiger partial charge in [-0.15, -0.1) is 0 Å². The third kappa shape index (κ3) is 6.68. The van der Waals surface area contributed by atoms with E-state index in [4.69, 9.17) is 9.29 Å². The largest absolute Gasteiger partial charge is 0.464 e. The highest BCUT2D eigenvalue weighted by molar-refractivity contribution is 7.85. The van der Waals surface area contributed by atoms with Gasteiger partial charge in [0.15, 0.2) is 0 Å². The van der Waals surface area contributed by atoms with Gasteiger partial charge in [-0.05, 0) is 18.6 Å². The highest BCUT2D eigenvalue weighted by Crippen LogP contribution is 2.02. The van der Waals surface area contributed by atoms with Crippen LogP contribution in [0.1, 0.15) is 30.1 Å². The molecule has 0 saturated heterocycles. The summed E-state index contributed by atoms with van der Waals surface area (Å²) in [5.74, 6) is -2.45. The first-order valence-electron chi connectivity index (χ1n) is 6.81. The number of ether oxygens (including phenoxy) is 1. The van der Waals surface area contributed by atoms with Crippen LogP contribution in [0.25, 0.3) is 0 Å². The molecule has 0 aromatic heterocycles. The molecule has 1 atom stereocenters. The number of rotatable bonds is 8. The molecule has 0 fully saturated rings. The number of hydrogen-bond donors (Lipinski definition) is 2. The Labute approximate surface area is 129 Å². The molecule has 1 aromatic rings. The lowest BCUT2D eigenvalue weighted by atomic mass is 10.2. The van der Waals surface area contributed by atoms with Crippen molar-refractivity contribution < 1.29 is 27.3 Å². The molecule has 2 N–H and O–H groups in total. The van der Waals surface area contributed by atoms with Gasteiger partial charge in [0.1, 0.15) is 11.8 Å². The number of amides is 1. The molecular formula is C14H19NO6S. The number of unbranched alkanes of at least 4 members (excludes halogenated alkanes) is 1. The van der Waals surface area contributed by atoms with Gasteiger partial charge in [0.25, 0.3) is 16.0 Å². The molecule has 8 heteroatoms. The molecule has 0 aliphatic rings. The van der Waals surface area contributed by atoms with Crippen molar-refractivity contribution in [2.45, 2.75) is 25.8 Å². The highest BCUT2D eigenvalue weighted by Gasteiger charge is 2.27. The minimum absolute atomic E-state index is 0.124. The Kier molecular flexibility index (Phi) is 7.00. The van der Waals surface area contributed by atoms with Crippen LogP contribution in [0.3, 0.4) is 0 Å². The van der Waals surface area contributed by atoms with E-state index in [1.54, 1.807) is 18.2 Å². The van der Waals surface area contributed by atoms with Crippen molar-refractivity contribution in [2.75, 3.05) is 12.4 Å². The van der Waals surface area contributed by atoms with Gasteiger partial charge in [-0.25, -0.2) is 4.79 Å². The van der Waals surface area contributed by atoms with Crippen LogP contribution >= 0.6 is 0 Å². The maximum Gasteiger partial charge on any atom is 0.329 e. The Morgan fingerprint density at radius 2 is 1.91 bits per heavy atom. The molecule has 7 nitrogen and oxygen atoms in total. The fourth-order valence-electron chi connectivity index (χ4n) is 1.63. The Morgan fingerprint density at radius 1 is 1.27 bits per heavy atom. The van der Waals surface area contributed by atoms with Crippen LogP contribution in [0.5, 0.6) is 0 Å². The Bertz CT molecular complexity index is 599. The van der Waals surface area contributed by atoms with E-state index in [-0.39, 0.29) is 12.2 Å². The molecular weight excluding hydrogens is 310 g/mol. The van der Waals surface area contributed by atoms with E-state index in [2.05, 4.69) is 5.32 Å². The van der Waals surface area contributed by atoms with Crippen molar-refractivity contribution in [3.05, 3.63) is 35.9 Å². The molecule has 1 unspecified atom stereocenters.